The Morgan fingerprint density at radius 2 is 2.35 bits per heavy atom. The Hall–Kier alpha value is -1.74. The van der Waals surface area contributed by atoms with Crippen molar-refractivity contribution in [1.29, 1.82) is 0 Å². The third-order valence-electron chi connectivity index (χ3n) is 3.00. The highest BCUT2D eigenvalue weighted by Crippen LogP contribution is 2.29. The largest absolute Gasteiger partial charge is 0.358 e. The Kier molecular flexibility index (Phi) is 3.30. The predicted octanol–water partition coefficient (Wildman–Crippen LogP) is 1.15. The van der Waals surface area contributed by atoms with Crippen LogP contribution in [0.5, 0.6) is 0 Å². The lowest BCUT2D eigenvalue weighted by atomic mass is 10.3. The lowest BCUT2D eigenvalue weighted by Crippen LogP contribution is -2.17. The van der Waals surface area contributed by atoms with E-state index in [1.165, 1.54) is 6.92 Å². The van der Waals surface area contributed by atoms with Crippen LogP contribution in [-0.4, -0.2) is 32.0 Å². The number of aromatic amines is 1. The molecule has 0 saturated carbocycles. The predicted molar refractivity (Wildman–Crippen MR) is 74.4 cm³/mol. The molecule has 1 fully saturated rings. The summed E-state index contributed by atoms with van der Waals surface area (Å²) in [6.45, 7) is 2.01. The van der Waals surface area contributed by atoms with Crippen LogP contribution in [0.25, 0.3) is 11.2 Å². The van der Waals surface area contributed by atoms with E-state index in [-0.39, 0.29) is 23.6 Å². The van der Waals surface area contributed by atoms with Crippen molar-refractivity contribution in [2.45, 2.75) is 26.0 Å². The van der Waals surface area contributed by atoms with Gasteiger partial charge in [0.1, 0.15) is 6.23 Å². The van der Waals surface area contributed by atoms with Gasteiger partial charge in [-0.25, -0.2) is 4.98 Å². The minimum Gasteiger partial charge on any atom is -0.358 e. The quantitative estimate of drug-likeness (QED) is 0.797. The molecule has 3 heterocycles. The summed E-state index contributed by atoms with van der Waals surface area (Å²) in [7, 11) is 0. The zero-order valence-electron chi connectivity index (χ0n) is 10.6. The van der Waals surface area contributed by atoms with Crippen molar-refractivity contribution in [3.05, 3.63) is 15.1 Å². The van der Waals surface area contributed by atoms with E-state index < -0.39 is 5.56 Å². The SMILES string of the molecule is CC(=O)Nc1nc2c(nc(Br)n2C2CCCO2)c(=O)[nH]1. The number of hydrogen-bond acceptors (Lipinski definition) is 5. The van der Waals surface area contributed by atoms with Crippen LogP contribution < -0.4 is 10.9 Å². The second kappa shape index (κ2) is 4.98. The van der Waals surface area contributed by atoms with Crippen molar-refractivity contribution in [3.63, 3.8) is 0 Å². The molecule has 2 aromatic heterocycles. The molecule has 1 amide bonds. The van der Waals surface area contributed by atoms with Gasteiger partial charge in [-0.3, -0.25) is 24.5 Å². The summed E-state index contributed by atoms with van der Waals surface area (Å²) in [5.74, 6) is -0.212. The number of H-pyrrole nitrogens is 1. The summed E-state index contributed by atoms with van der Waals surface area (Å²) in [6, 6.07) is 0. The standard InChI is InChI=1S/C11H12BrN5O3/c1-5(18)13-11-15-8-7(9(19)16-11)14-10(12)17(8)6-3-2-4-20-6/h6H,2-4H2,1H3,(H2,13,15,16,18,19). The van der Waals surface area contributed by atoms with Crippen LogP contribution in [0.3, 0.4) is 0 Å². The number of halogens is 1. The molecule has 0 spiro atoms. The molecule has 0 aliphatic carbocycles. The topological polar surface area (TPSA) is 102 Å². The lowest BCUT2D eigenvalue weighted by molar-refractivity contribution is -0.114. The van der Waals surface area contributed by atoms with Gasteiger partial charge in [-0.15, -0.1) is 0 Å². The number of anilines is 1. The van der Waals surface area contributed by atoms with Crippen LogP contribution in [-0.2, 0) is 9.53 Å². The molecule has 1 unspecified atom stereocenters. The summed E-state index contributed by atoms with van der Waals surface area (Å²) < 4.78 is 7.81. The van der Waals surface area contributed by atoms with E-state index in [1.807, 2.05) is 0 Å². The van der Waals surface area contributed by atoms with Crippen LogP contribution in [0.4, 0.5) is 5.95 Å². The molecule has 20 heavy (non-hydrogen) atoms. The summed E-state index contributed by atoms with van der Waals surface area (Å²) in [5, 5.41) is 2.46. The Balaban J connectivity index is 2.18. The van der Waals surface area contributed by atoms with Gasteiger partial charge >= 0.3 is 0 Å². The van der Waals surface area contributed by atoms with E-state index in [2.05, 4.69) is 36.2 Å². The van der Waals surface area contributed by atoms with Crippen molar-refractivity contribution in [3.8, 4) is 0 Å². The summed E-state index contributed by atoms with van der Waals surface area (Å²) in [4.78, 5) is 33.9. The summed E-state index contributed by atoms with van der Waals surface area (Å²) in [6.07, 6.45) is 1.57. The molecule has 9 heteroatoms. The Labute approximate surface area is 121 Å². The average Bonchev–Trinajstić information content (AvgIpc) is 2.95. The van der Waals surface area contributed by atoms with Gasteiger partial charge in [0.2, 0.25) is 11.9 Å². The smallest absolute Gasteiger partial charge is 0.280 e. The highest BCUT2D eigenvalue weighted by Gasteiger charge is 2.24. The number of fused-ring (bicyclic) bond motifs is 1. The lowest BCUT2D eigenvalue weighted by Gasteiger charge is -2.13. The minimum absolute atomic E-state index is 0.0987. The second-order valence-corrected chi connectivity index (χ2v) is 5.20. The molecule has 0 aromatic carbocycles. The maximum atomic E-state index is 12.0. The third kappa shape index (κ3) is 2.22. The van der Waals surface area contributed by atoms with E-state index in [9.17, 15) is 9.59 Å². The number of nitrogens with zero attached hydrogens (tertiary/aromatic N) is 3. The van der Waals surface area contributed by atoms with Crippen LogP contribution in [0.1, 0.15) is 26.0 Å². The molecule has 8 nitrogen and oxygen atoms in total. The van der Waals surface area contributed by atoms with E-state index in [1.54, 1.807) is 4.57 Å². The van der Waals surface area contributed by atoms with Crippen molar-refractivity contribution < 1.29 is 9.53 Å². The molecule has 2 N–H and O–H groups in total. The first kappa shape index (κ1) is 13.3. The Morgan fingerprint density at radius 1 is 1.55 bits per heavy atom. The number of imidazole rings is 1. The van der Waals surface area contributed by atoms with Crippen molar-refractivity contribution in [2.75, 3.05) is 11.9 Å². The molecule has 1 aliphatic rings. The van der Waals surface area contributed by atoms with Crippen molar-refractivity contribution >= 4 is 38.9 Å². The second-order valence-electron chi connectivity index (χ2n) is 4.49. The van der Waals surface area contributed by atoms with Crippen molar-refractivity contribution in [1.82, 2.24) is 19.5 Å². The number of carbonyl (C=O) groups is 1. The number of hydrogen-bond donors (Lipinski definition) is 2. The first-order chi connectivity index (χ1) is 9.56. The van der Waals surface area contributed by atoms with Gasteiger partial charge in [-0.2, -0.15) is 4.98 Å². The first-order valence-corrected chi connectivity index (χ1v) is 6.92. The minimum atomic E-state index is -0.406. The normalized spacial score (nSPS) is 18.6. The zero-order valence-corrected chi connectivity index (χ0v) is 12.2. The van der Waals surface area contributed by atoms with Crippen LogP contribution >= 0.6 is 15.9 Å². The summed E-state index contributed by atoms with van der Waals surface area (Å²) >= 11 is 3.32. The van der Waals surface area contributed by atoms with Crippen molar-refractivity contribution in [2.24, 2.45) is 0 Å². The number of nitrogens with one attached hydrogen (secondary N) is 2. The summed E-state index contributed by atoms with van der Waals surface area (Å²) in [5.41, 5.74) is 0.189. The molecule has 106 valence electrons. The van der Waals surface area contributed by atoms with Gasteiger partial charge < -0.3 is 4.74 Å². The Bertz CT molecular complexity index is 731. The fraction of sp³-hybridized carbons (Fsp3) is 0.455. The number of rotatable bonds is 2. The Morgan fingerprint density at radius 3 is 3.00 bits per heavy atom. The van der Waals surface area contributed by atoms with Gasteiger partial charge in [0.05, 0.1) is 0 Å². The molecule has 0 bridgehead atoms. The number of aromatic nitrogens is 4. The van der Waals surface area contributed by atoms with Crippen LogP contribution in [0.15, 0.2) is 9.53 Å². The molecule has 0 radical (unpaired) electrons. The van der Waals surface area contributed by atoms with E-state index in [4.69, 9.17) is 4.74 Å². The molecular weight excluding hydrogens is 330 g/mol. The number of carbonyl (C=O) groups excluding carboxylic acids is 1. The van der Waals surface area contributed by atoms with Gasteiger partial charge in [0.25, 0.3) is 5.56 Å². The first-order valence-electron chi connectivity index (χ1n) is 6.13. The monoisotopic (exact) mass is 341 g/mol. The van der Waals surface area contributed by atoms with Gasteiger partial charge in [-0.1, -0.05) is 0 Å². The van der Waals surface area contributed by atoms with Gasteiger partial charge in [0, 0.05) is 13.5 Å². The highest BCUT2D eigenvalue weighted by molar-refractivity contribution is 9.10. The molecule has 1 saturated heterocycles. The highest BCUT2D eigenvalue weighted by atomic mass is 79.9. The fourth-order valence-corrected chi connectivity index (χ4v) is 2.78. The fourth-order valence-electron chi connectivity index (χ4n) is 2.20. The molecule has 2 aromatic rings. The molecule has 1 atom stereocenters. The van der Waals surface area contributed by atoms with Crippen LogP contribution in [0.2, 0.25) is 0 Å². The number of ether oxygens (including phenoxy) is 1. The maximum absolute atomic E-state index is 12.0. The van der Waals surface area contributed by atoms with Gasteiger partial charge in [0.15, 0.2) is 15.9 Å². The van der Waals surface area contributed by atoms with E-state index >= 15 is 0 Å². The molecular formula is C11H12BrN5O3. The maximum Gasteiger partial charge on any atom is 0.280 e. The van der Waals surface area contributed by atoms with E-state index in [0.29, 0.717) is 17.0 Å². The zero-order chi connectivity index (χ0) is 14.3. The third-order valence-corrected chi connectivity index (χ3v) is 3.56. The average molecular weight is 342 g/mol. The molecule has 1 aliphatic heterocycles. The number of amides is 1. The van der Waals surface area contributed by atoms with Crippen LogP contribution in [0, 0.1) is 0 Å². The molecule has 3 rings (SSSR count). The van der Waals surface area contributed by atoms with E-state index in [0.717, 1.165) is 12.8 Å². The van der Waals surface area contributed by atoms with Gasteiger partial charge in [-0.05, 0) is 28.8 Å².